The van der Waals surface area contributed by atoms with Crippen LogP contribution in [-0.2, 0) is 13.1 Å². The van der Waals surface area contributed by atoms with Crippen molar-refractivity contribution in [3.8, 4) is 5.75 Å². The number of rotatable bonds is 8. The lowest BCUT2D eigenvalue weighted by Crippen LogP contribution is -2.39. The molecule has 1 aliphatic heterocycles. The first-order valence-electron chi connectivity index (χ1n) is 10.8. The van der Waals surface area contributed by atoms with E-state index in [2.05, 4.69) is 15.6 Å². The Labute approximate surface area is 197 Å². The smallest absolute Gasteiger partial charge is 0.317 e. The molecule has 2 aromatic rings. The molecule has 1 aromatic heterocycles. The third-order valence-electron chi connectivity index (χ3n) is 5.47. The zero-order valence-electron chi connectivity index (χ0n) is 19.4. The summed E-state index contributed by atoms with van der Waals surface area (Å²) in [5.74, 6) is 0.0816. The molecule has 11 heteroatoms. The summed E-state index contributed by atoms with van der Waals surface area (Å²) in [6.45, 7) is 4.65. The number of benzene rings is 1. The van der Waals surface area contributed by atoms with Crippen molar-refractivity contribution in [3.63, 3.8) is 0 Å². The Kier molecular flexibility index (Phi) is 7.79. The molecule has 5 N–H and O–H groups in total. The van der Waals surface area contributed by atoms with Crippen LogP contribution in [0.25, 0.3) is 0 Å². The number of hydrogen-bond acceptors (Lipinski definition) is 7. The van der Waals surface area contributed by atoms with Crippen molar-refractivity contribution in [2.75, 3.05) is 25.6 Å². The van der Waals surface area contributed by atoms with Gasteiger partial charge in [0.15, 0.2) is 5.84 Å². The predicted octanol–water partition coefficient (Wildman–Crippen LogP) is 2.00. The molecule has 0 radical (unpaired) electrons. The summed E-state index contributed by atoms with van der Waals surface area (Å²) in [6.07, 6.45) is 0.954. The average Bonchev–Trinajstić information content (AvgIpc) is 3.27. The summed E-state index contributed by atoms with van der Waals surface area (Å²) < 4.78 is 5.43. The summed E-state index contributed by atoms with van der Waals surface area (Å²) in [7, 11) is 1.48. The number of aromatic nitrogens is 1. The quantitative estimate of drug-likeness (QED) is 0.295. The van der Waals surface area contributed by atoms with Gasteiger partial charge in [-0.3, -0.25) is 15.6 Å². The third-order valence-corrected chi connectivity index (χ3v) is 5.47. The molecule has 1 unspecified atom stereocenters. The van der Waals surface area contributed by atoms with E-state index in [1.807, 2.05) is 6.92 Å². The van der Waals surface area contributed by atoms with Crippen LogP contribution in [0.2, 0.25) is 0 Å². The number of ether oxygens (including phenoxy) is 1. The van der Waals surface area contributed by atoms with E-state index in [9.17, 15) is 14.7 Å². The standard InChI is InChI=1S/C23H29N7O4/c1-4-26-23(33)29-10-15-8-17(19(34-3)9-16(15)11-29)22(32)28-20-7-5-6-18(27-20)21(25)30(13-24)14(2)12-31/h5-9,13-14,24-25,31H,4,10-12H2,1-3H3,(H,26,33)(H,27,28,32). The van der Waals surface area contributed by atoms with Crippen LogP contribution in [0.5, 0.6) is 5.75 Å². The van der Waals surface area contributed by atoms with Gasteiger partial charge < -0.3 is 30.3 Å². The number of anilines is 1. The van der Waals surface area contributed by atoms with Crippen LogP contribution in [-0.4, -0.2) is 70.3 Å². The highest BCUT2D eigenvalue weighted by Gasteiger charge is 2.26. The molecule has 0 saturated heterocycles. The van der Waals surface area contributed by atoms with Crippen molar-refractivity contribution in [3.05, 3.63) is 52.7 Å². The van der Waals surface area contributed by atoms with E-state index in [1.165, 1.54) is 12.0 Å². The maximum atomic E-state index is 13.1. The molecule has 0 bridgehead atoms. The first-order valence-corrected chi connectivity index (χ1v) is 10.8. The van der Waals surface area contributed by atoms with Crippen LogP contribution in [0.4, 0.5) is 10.6 Å². The summed E-state index contributed by atoms with van der Waals surface area (Å²) in [4.78, 5) is 32.5. The molecule has 11 nitrogen and oxygen atoms in total. The highest BCUT2D eigenvalue weighted by atomic mass is 16.5. The van der Waals surface area contributed by atoms with Crippen LogP contribution in [0.1, 0.15) is 41.0 Å². The fraction of sp³-hybridized carbons (Fsp3) is 0.348. The SMILES string of the molecule is CCNC(=O)N1Cc2cc(OC)c(C(=O)Nc3cccc(C(=N)N(C=N)C(C)CO)n3)cc2C1. The highest BCUT2D eigenvalue weighted by Crippen LogP contribution is 2.31. The molecule has 1 atom stereocenters. The monoisotopic (exact) mass is 467 g/mol. The number of aliphatic hydroxyl groups excluding tert-OH is 1. The lowest BCUT2D eigenvalue weighted by molar-refractivity contribution is 0.102. The lowest BCUT2D eigenvalue weighted by atomic mass is 10.0. The van der Waals surface area contributed by atoms with Gasteiger partial charge in [0.1, 0.15) is 17.3 Å². The maximum absolute atomic E-state index is 13.1. The van der Waals surface area contributed by atoms with E-state index in [-0.39, 0.29) is 30.0 Å². The topological polar surface area (TPSA) is 155 Å². The van der Waals surface area contributed by atoms with Crippen LogP contribution >= 0.6 is 0 Å². The van der Waals surface area contributed by atoms with E-state index in [1.54, 1.807) is 42.2 Å². The number of amidine groups is 1. The number of carbonyl (C=O) groups excluding carboxylic acids is 2. The zero-order valence-corrected chi connectivity index (χ0v) is 19.4. The number of aliphatic hydroxyl groups is 1. The van der Waals surface area contributed by atoms with E-state index in [4.69, 9.17) is 15.6 Å². The van der Waals surface area contributed by atoms with Gasteiger partial charge >= 0.3 is 6.03 Å². The number of pyridine rings is 1. The lowest BCUT2D eigenvalue weighted by Gasteiger charge is -2.25. The zero-order chi connectivity index (χ0) is 24.8. The summed E-state index contributed by atoms with van der Waals surface area (Å²) in [5, 5.41) is 30.7. The maximum Gasteiger partial charge on any atom is 0.317 e. The predicted molar refractivity (Wildman–Crippen MR) is 128 cm³/mol. The number of methoxy groups -OCH3 is 1. The van der Waals surface area contributed by atoms with Crippen molar-refractivity contribution in [1.82, 2.24) is 20.1 Å². The molecule has 3 rings (SSSR count). The Bertz CT molecular complexity index is 1100. The van der Waals surface area contributed by atoms with Crippen molar-refractivity contribution < 1.29 is 19.4 Å². The van der Waals surface area contributed by atoms with Gasteiger partial charge in [0.25, 0.3) is 5.91 Å². The highest BCUT2D eigenvalue weighted by molar-refractivity contribution is 6.06. The van der Waals surface area contributed by atoms with Crippen molar-refractivity contribution in [1.29, 1.82) is 10.8 Å². The molecule has 1 aliphatic rings. The summed E-state index contributed by atoms with van der Waals surface area (Å²) in [5.41, 5.74) is 2.31. The molecule has 0 fully saturated rings. The Morgan fingerprint density at radius 2 is 2.03 bits per heavy atom. The largest absolute Gasteiger partial charge is 0.496 e. The van der Waals surface area contributed by atoms with Gasteiger partial charge in [0.05, 0.1) is 31.7 Å². The van der Waals surface area contributed by atoms with Crippen molar-refractivity contribution in [2.45, 2.75) is 33.0 Å². The third kappa shape index (κ3) is 5.15. The van der Waals surface area contributed by atoms with Crippen molar-refractivity contribution >= 4 is 29.9 Å². The molecule has 2 heterocycles. The Morgan fingerprint density at radius 3 is 2.65 bits per heavy atom. The molecule has 0 spiro atoms. The van der Waals surface area contributed by atoms with E-state index in [0.717, 1.165) is 17.5 Å². The van der Waals surface area contributed by atoms with Gasteiger partial charge in [0, 0.05) is 19.6 Å². The first-order chi connectivity index (χ1) is 16.3. The number of nitrogens with one attached hydrogen (secondary N) is 4. The van der Waals surface area contributed by atoms with E-state index >= 15 is 0 Å². The van der Waals surface area contributed by atoms with Gasteiger partial charge in [0.2, 0.25) is 0 Å². The Morgan fingerprint density at radius 1 is 1.32 bits per heavy atom. The second-order valence-corrected chi connectivity index (χ2v) is 7.79. The molecule has 3 amide bonds. The molecule has 34 heavy (non-hydrogen) atoms. The Hall–Kier alpha value is -3.99. The summed E-state index contributed by atoms with van der Waals surface area (Å²) >= 11 is 0. The molecular weight excluding hydrogens is 438 g/mol. The normalized spacial score (nSPS) is 13.0. The van der Waals surface area contributed by atoms with E-state index in [0.29, 0.717) is 30.9 Å². The van der Waals surface area contributed by atoms with E-state index < -0.39 is 11.9 Å². The number of amides is 3. The van der Waals surface area contributed by atoms with Crippen LogP contribution in [0, 0.1) is 10.8 Å². The van der Waals surface area contributed by atoms with Crippen molar-refractivity contribution in [2.24, 2.45) is 0 Å². The number of urea groups is 1. The fourth-order valence-corrected chi connectivity index (χ4v) is 3.63. The fourth-order valence-electron chi connectivity index (χ4n) is 3.63. The number of hydrogen-bond donors (Lipinski definition) is 5. The minimum absolute atomic E-state index is 0.0757. The second-order valence-electron chi connectivity index (χ2n) is 7.79. The molecular formula is C23H29N7O4. The minimum Gasteiger partial charge on any atom is -0.496 e. The molecule has 1 aromatic carbocycles. The Balaban J connectivity index is 1.81. The molecule has 180 valence electrons. The number of carbonyl (C=O) groups is 2. The molecule has 0 aliphatic carbocycles. The average molecular weight is 468 g/mol. The van der Waals surface area contributed by atoms with Crippen LogP contribution in [0.3, 0.4) is 0 Å². The van der Waals surface area contributed by atoms with Gasteiger partial charge in [-0.05, 0) is 49.2 Å². The second kappa shape index (κ2) is 10.8. The molecule has 0 saturated carbocycles. The van der Waals surface area contributed by atoms with Gasteiger partial charge in [-0.1, -0.05) is 6.07 Å². The van der Waals surface area contributed by atoms with Crippen LogP contribution < -0.4 is 15.4 Å². The van der Waals surface area contributed by atoms with Gasteiger partial charge in [-0.2, -0.15) is 0 Å². The summed E-state index contributed by atoms with van der Waals surface area (Å²) in [6, 6.07) is 7.67. The minimum atomic E-state index is -0.473. The number of fused-ring (bicyclic) bond motifs is 1. The first kappa shape index (κ1) is 24.6. The number of nitrogens with zero attached hydrogens (tertiary/aromatic N) is 3. The van der Waals surface area contributed by atoms with Gasteiger partial charge in [-0.25, -0.2) is 9.78 Å². The van der Waals surface area contributed by atoms with Gasteiger partial charge in [-0.15, -0.1) is 0 Å². The van der Waals surface area contributed by atoms with Crippen LogP contribution in [0.15, 0.2) is 30.3 Å².